The average Bonchev–Trinajstić information content (AvgIpc) is 3.36. The van der Waals surface area contributed by atoms with Crippen molar-refractivity contribution in [2.24, 2.45) is 0 Å². The van der Waals surface area contributed by atoms with Crippen molar-refractivity contribution in [3.05, 3.63) is 54.7 Å². The van der Waals surface area contributed by atoms with Crippen molar-refractivity contribution in [1.82, 2.24) is 19.7 Å². The van der Waals surface area contributed by atoms with Crippen molar-refractivity contribution in [1.29, 1.82) is 0 Å². The van der Waals surface area contributed by atoms with Crippen LogP contribution in [0.15, 0.2) is 59.6 Å². The Morgan fingerprint density at radius 1 is 1.14 bits per heavy atom. The minimum atomic E-state index is -3.79. The summed E-state index contributed by atoms with van der Waals surface area (Å²) in [6.45, 7) is 0.286. The lowest BCUT2D eigenvalue weighted by Gasteiger charge is -2.36. The third-order valence-corrected chi connectivity index (χ3v) is 7.54. The van der Waals surface area contributed by atoms with Gasteiger partial charge in [0.1, 0.15) is 17.2 Å². The highest BCUT2D eigenvalue weighted by molar-refractivity contribution is 7.89. The third-order valence-electron chi connectivity index (χ3n) is 6.06. The van der Waals surface area contributed by atoms with E-state index in [4.69, 9.17) is 14.2 Å². The first kappa shape index (κ1) is 25.1. The van der Waals surface area contributed by atoms with E-state index in [9.17, 15) is 13.5 Å². The van der Waals surface area contributed by atoms with Crippen molar-refractivity contribution in [2.45, 2.75) is 49.0 Å². The molecule has 2 N–H and O–H groups in total. The van der Waals surface area contributed by atoms with Crippen LogP contribution in [-0.4, -0.2) is 67.6 Å². The lowest BCUT2D eigenvalue weighted by Crippen LogP contribution is -2.50. The maximum Gasteiger partial charge on any atom is 0.241 e. The molecule has 35 heavy (non-hydrogen) atoms. The van der Waals surface area contributed by atoms with E-state index >= 15 is 0 Å². The molecule has 3 aromatic rings. The Morgan fingerprint density at radius 3 is 2.74 bits per heavy atom. The molecule has 1 saturated heterocycles. The minimum Gasteiger partial charge on any atom is -0.497 e. The molecule has 10 nitrogen and oxygen atoms in total. The van der Waals surface area contributed by atoms with E-state index in [2.05, 4.69) is 15.0 Å². The van der Waals surface area contributed by atoms with E-state index in [0.717, 1.165) is 11.3 Å². The van der Waals surface area contributed by atoms with Gasteiger partial charge in [-0.25, -0.2) is 13.1 Å². The van der Waals surface area contributed by atoms with E-state index in [-0.39, 0.29) is 17.6 Å². The predicted molar refractivity (Wildman–Crippen MR) is 129 cm³/mol. The number of ether oxygens (including phenoxy) is 3. The predicted octanol–water partition coefficient (Wildman–Crippen LogP) is 2.24. The van der Waals surface area contributed by atoms with Gasteiger partial charge in [0.15, 0.2) is 0 Å². The molecule has 2 heterocycles. The summed E-state index contributed by atoms with van der Waals surface area (Å²) in [5, 5.41) is 18.3. The van der Waals surface area contributed by atoms with Crippen molar-refractivity contribution in [3.63, 3.8) is 0 Å². The molecule has 11 heteroatoms. The van der Waals surface area contributed by atoms with Gasteiger partial charge in [0.25, 0.3) is 0 Å². The minimum absolute atomic E-state index is 0.104. The molecule has 1 aromatic heterocycles. The lowest BCUT2D eigenvalue weighted by atomic mass is 9.98. The molecule has 0 amide bonds. The number of sulfonamides is 1. The molecule has 1 fully saturated rings. The Labute approximate surface area is 204 Å². The molecule has 188 valence electrons. The molecule has 2 aromatic carbocycles. The van der Waals surface area contributed by atoms with Gasteiger partial charge in [0, 0.05) is 18.2 Å². The lowest BCUT2D eigenvalue weighted by molar-refractivity contribution is -0.0891. The summed E-state index contributed by atoms with van der Waals surface area (Å²) in [6, 6.07) is 13.3. The molecule has 1 aliphatic rings. The van der Waals surface area contributed by atoms with E-state index in [0.29, 0.717) is 37.3 Å². The number of hydrogen-bond acceptors (Lipinski definition) is 8. The fraction of sp³-hybridized carbons (Fsp3) is 0.417. The van der Waals surface area contributed by atoms with Crippen LogP contribution in [0.5, 0.6) is 11.5 Å². The first-order chi connectivity index (χ1) is 16.9. The van der Waals surface area contributed by atoms with Gasteiger partial charge in [-0.2, -0.15) is 0 Å². The maximum atomic E-state index is 12.9. The van der Waals surface area contributed by atoms with Crippen LogP contribution in [0.25, 0.3) is 11.3 Å². The van der Waals surface area contributed by atoms with Crippen LogP contribution in [0.2, 0.25) is 0 Å². The smallest absolute Gasteiger partial charge is 0.241 e. The highest BCUT2D eigenvalue weighted by atomic mass is 32.2. The normalized spacial score (nSPS) is 20.5. The standard InChI is InChI=1S/C24H30N4O6S/c1-32-18-6-5-7-19(14-18)35(30,31)26-21-11-10-17(34-24(21)16-29)12-13-28-15-22(25-27-28)20-8-3-4-9-23(20)33-2/h3-9,14-15,17,21,24,26,29H,10-13,16H2,1-2H3/t17-,21+,24+/m1/s1. The monoisotopic (exact) mass is 502 g/mol. The van der Waals surface area contributed by atoms with Crippen LogP contribution in [0.4, 0.5) is 0 Å². The summed E-state index contributed by atoms with van der Waals surface area (Å²) in [5.74, 6) is 1.18. The summed E-state index contributed by atoms with van der Waals surface area (Å²) < 4.78 is 46.7. The van der Waals surface area contributed by atoms with Gasteiger partial charge in [0.2, 0.25) is 10.0 Å². The molecule has 0 unspecified atom stereocenters. The number of hydrogen-bond donors (Lipinski definition) is 2. The number of aromatic nitrogens is 3. The molecular weight excluding hydrogens is 472 g/mol. The number of nitrogens with zero attached hydrogens (tertiary/aromatic N) is 3. The second kappa shape index (κ2) is 11.2. The third kappa shape index (κ3) is 5.99. The SMILES string of the molecule is COc1cccc(S(=O)(=O)N[C@H]2CC[C@H](CCn3cc(-c4ccccc4OC)nn3)O[C@H]2CO)c1. The number of nitrogens with one attached hydrogen (secondary N) is 1. The second-order valence-electron chi connectivity index (χ2n) is 8.32. The van der Waals surface area contributed by atoms with E-state index < -0.39 is 22.2 Å². The zero-order valence-corrected chi connectivity index (χ0v) is 20.5. The number of aliphatic hydroxyl groups is 1. The van der Waals surface area contributed by atoms with Gasteiger partial charge in [-0.3, -0.25) is 4.68 Å². The largest absolute Gasteiger partial charge is 0.497 e. The Kier molecular flexibility index (Phi) is 8.01. The molecule has 0 spiro atoms. The maximum absolute atomic E-state index is 12.9. The quantitative estimate of drug-likeness (QED) is 0.433. The summed E-state index contributed by atoms with van der Waals surface area (Å²) in [4.78, 5) is 0.104. The van der Waals surface area contributed by atoms with Gasteiger partial charge in [-0.1, -0.05) is 23.4 Å². The molecule has 4 rings (SSSR count). The highest BCUT2D eigenvalue weighted by Gasteiger charge is 2.34. The van der Waals surface area contributed by atoms with Crippen molar-refractivity contribution in [3.8, 4) is 22.8 Å². The summed E-state index contributed by atoms with van der Waals surface area (Å²) >= 11 is 0. The molecule has 0 bridgehead atoms. The zero-order valence-electron chi connectivity index (χ0n) is 19.7. The van der Waals surface area contributed by atoms with E-state index in [1.54, 1.807) is 23.9 Å². The van der Waals surface area contributed by atoms with Crippen molar-refractivity contribution < 1.29 is 27.7 Å². The van der Waals surface area contributed by atoms with Crippen LogP contribution in [0.1, 0.15) is 19.3 Å². The number of rotatable bonds is 10. The fourth-order valence-electron chi connectivity index (χ4n) is 4.18. The molecule has 0 saturated carbocycles. The van der Waals surface area contributed by atoms with Crippen molar-refractivity contribution >= 4 is 10.0 Å². The first-order valence-corrected chi connectivity index (χ1v) is 12.9. The van der Waals surface area contributed by atoms with Gasteiger partial charge in [0.05, 0.1) is 50.2 Å². The number of para-hydroxylation sites is 1. The number of aliphatic hydroxyl groups excluding tert-OH is 1. The molecule has 0 radical (unpaired) electrons. The number of methoxy groups -OCH3 is 2. The summed E-state index contributed by atoms with van der Waals surface area (Å²) in [6.07, 6.45) is 2.92. The van der Waals surface area contributed by atoms with Crippen LogP contribution >= 0.6 is 0 Å². The van der Waals surface area contributed by atoms with E-state index in [1.807, 2.05) is 30.5 Å². The Bertz CT molecular complexity index is 1230. The molecule has 0 aliphatic carbocycles. The summed E-state index contributed by atoms with van der Waals surface area (Å²) in [7, 11) is -0.694. The number of benzene rings is 2. The highest BCUT2D eigenvalue weighted by Crippen LogP contribution is 2.28. The first-order valence-electron chi connectivity index (χ1n) is 11.4. The van der Waals surface area contributed by atoms with Crippen LogP contribution in [0, 0.1) is 0 Å². The second-order valence-corrected chi connectivity index (χ2v) is 10.0. The Morgan fingerprint density at radius 2 is 1.97 bits per heavy atom. The molecule has 3 atom stereocenters. The molecular formula is C24H30N4O6S. The van der Waals surface area contributed by atoms with Gasteiger partial charge < -0.3 is 19.3 Å². The molecule has 1 aliphatic heterocycles. The zero-order chi connectivity index (χ0) is 24.8. The van der Waals surface area contributed by atoms with E-state index in [1.165, 1.54) is 19.2 Å². The van der Waals surface area contributed by atoms with Gasteiger partial charge >= 0.3 is 0 Å². The number of aryl methyl sites for hydroxylation is 1. The average molecular weight is 503 g/mol. The van der Waals surface area contributed by atoms with Crippen LogP contribution < -0.4 is 14.2 Å². The summed E-state index contributed by atoms with van der Waals surface area (Å²) in [5.41, 5.74) is 1.58. The van der Waals surface area contributed by atoms with Crippen molar-refractivity contribution in [2.75, 3.05) is 20.8 Å². The fourth-order valence-corrected chi connectivity index (χ4v) is 5.51. The van der Waals surface area contributed by atoms with Gasteiger partial charge in [-0.05, 0) is 43.5 Å². The van der Waals surface area contributed by atoms with Gasteiger partial charge in [-0.15, -0.1) is 5.10 Å². The van der Waals surface area contributed by atoms with Crippen LogP contribution in [-0.2, 0) is 21.3 Å². The Balaban J connectivity index is 1.35. The topological polar surface area (TPSA) is 125 Å². The Hall–Kier alpha value is -2.99. The van der Waals surface area contributed by atoms with Crippen LogP contribution in [0.3, 0.4) is 0 Å².